The summed E-state index contributed by atoms with van der Waals surface area (Å²) in [5, 5.41) is 11.3. The quantitative estimate of drug-likeness (QED) is 0.224. The van der Waals surface area contributed by atoms with Crippen LogP contribution in [0.1, 0.15) is 22.4 Å². The number of anilines is 1. The summed E-state index contributed by atoms with van der Waals surface area (Å²) in [7, 11) is 0. The summed E-state index contributed by atoms with van der Waals surface area (Å²) in [4.78, 5) is 26.2. The van der Waals surface area contributed by atoms with E-state index >= 15 is 0 Å². The molecule has 8 heteroatoms. The van der Waals surface area contributed by atoms with Crippen molar-refractivity contribution in [2.75, 3.05) is 4.90 Å². The molecule has 0 spiro atoms. The van der Waals surface area contributed by atoms with Gasteiger partial charge in [0.05, 0.1) is 22.1 Å². The van der Waals surface area contributed by atoms with E-state index in [1.54, 1.807) is 29.2 Å². The molecule has 1 aromatic heterocycles. The van der Waals surface area contributed by atoms with Crippen LogP contribution in [0.2, 0.25) is 0 Å². The van der Waals surface area contributed by atoms with Gasteiger partial charge in [0.25, 0.3) is 11.6 Å². The number of benzene rings is 2. The van der Waals surface area contributed by atoms with E-state index in [1.165, 1.54) is 17.8 Å². The number of para-hydroxylation sites is 1. The summed E-state index contributed by atoms with van der Waals surface area (Å²) < 4.78 is 2.37. The van der Waals surface area contributed by atoms with Crippen LogP contribution in [0.25, 0.3) is 6.08 Å². The molecule has 1 saturated heterocycles. The fourth-order valence-corrected chi connectivity index (χ4v) is 4.84. The second-order valence-corrected chi connectivity index (χ2v) is 8.93. The Morgan fingerprint density at radius 3 is 2.65 bits per heavy atom. The molecule has 1 amide bonds. The van der Waals surface area contributed by atoms with Crippen molar-refractivity contribution >= 4 is 51.7 Å². The molecule has 1 aliphatic rings. The Kier molecular flexibility index (Phi) is 5.75. The first-order valence-electron chi connectivity index (χ1n) is 9.58. The standard InChI is InChI=1S/C23H19N3O3S2/c1-15-9-10-19(16(2)12-15)25-22(27)21(31-23(25)30)13-18-7-5-11-24(18)14-17-6-3-4-8-20(17)26(28)29/h3-13H,14H2,1-2H3/b21-13-. The molecule has 0 aliphatic carbocycles. The minimum Gasteiger partial charge on any atom is -0.343 e. The predicted molar refractivity (Wildman–Crippen MR) is 128 cm³/mol. The normalized spacial score (nSPS) is 15.2. The van der Waals surface area contributed by atoms with E-state index in [0.717, 1.165) is 22.5 Å². The number of aryl methyl sites for hydroxylation is 2. The summed E-state index contributed by atoms with van der Waals surface area (Å²) in [5.41, 5.74) is 4.34. The molecule has 0 unspecified atom stereocenters. The van der Waals surface area contributed by atoms with Crippen LogP contribution < -0.4 is 4.90 Å². The minimum absolute atomic E-state index is 0.0725. The van der Waals surface area contributed by atoms with Gasteiger partial charge < -0.3 is 4.57 Å². The molecular formula is C23H19N3O3S2. The van der Waals surface area contributed by atoms with Gasteiger partial charge in [-0.1, -0.05) is 59.9 Å². The largest absolute Gasteiger partial charge is 0.343 e. The maximum absolute atomic E-state index is 13.1. The lowest BCUT2D eigenvalue weighted by atomic mass is 10.1. The predicted octanol–water partition coefficient (Wildman–Crippen LogP) is 5.47. The molecule has 1 fully saturated rings. The number of nitro groups is 1. The van der Waals surface area contributed by atoms with Crippen LogP contribution in [0.15, 0.2) is 65.7 Å². The van der Waals surface area contributed by atoms with Gasteiger partial charge in [0.2, 0.25) is 0 Å². The van der Waals surface area contributed by atoms with Crippen LogP contribution in [-0.2, 0) is 11.3 Å². The molecule has 0 bridgehead atoms. The number of amides is 1. The third-order valence-corrected chi connectivity index (χ3v) is 6.36. The number of thioether (sulfide) groups is 1. The van der Waals surface area contributed by atoms with Crippen LogP contribution in [0, 0.1) is 24.0 Å². The van der Waals surface area contributed by atoms with Gasteiger partial charge in [0.15, 0.2) is 4.32 Å². The lowest BCUT2D eigenvalue weighted by molar-refractivity contribution is -0.385. The fraction of sp³-hybridized carbons (Fsp3) is 0.130. The number of hydrogen-bond acceptors (Lipinski definition) is 5. The summed E-state index contributed by atoms with van der Waals surface area (Å²) in [6.45, 7) is 4.29. The second kappa shape index (κ2) is 8.49. The number of hydrogen-bond donors (Lipinski definition) is 0. The number of aromatic nitrogens is 1. The number of rotatable bonds is 5. The molecule has 0 saturated carbocycles. The van der Waals surface area contributed by atoms with Crippen LogP contribution in [0.4, 0.5) is 11.4 Å². The highest BCUT2D eigenvalue weighted by molar-refractivity contribution is 8.27. The molecule has 2 heterocycles. The van der Waals surface area contributed by atoms with Crippen LogP contribution in [0.3, 0.4) is 0 Å². The van der Waals surface area contributed by atoms with E-state index in [0.29, 0.717) is 21.3 Å². The van der Waals surface area contributed by atoms with Crippen molar-refractivity contribution in [3.05, 3.63) is 98.2 Å². The SMILES string of the molecule is Cc1ccc(N2C(=O)/C(=C/c3cccn3Cc3ccccc3[N+](=O)[O-])SC2=S)c(C)c1. The molecule has 156 valence electrons. The lowest BCUT2D eigenvalue weighted by Gasteiger charge is -2.17. The number of thiocarbonyl (C=S) groups is 1. The van der Waals surface area contributed by atoms with Gasteiger partial charge in [0.1, 0.15) is 0 Å². The average Bonchev–Trinajstić information content (AvgIpc) is 3.27. The van der Waals surface area contributed by atoms with Gasteiger partial charge in [-0.15, -0.1) is 0 Å². The third-order valence-electron chi connectivity index (χ3n) is 5.06. The van der Waals surface area contributed by atoms with Crippen LogP contribution >= 0.6 is 24.0 Å². The van der Waals surface area contributed by atoms with Gasteiger partial charge in [-0.2, -0.15) is 0 Å². The van der Waals surface area contributed by atoms with E-state index in [9.17, 15) is 14.9 Å². The third kappa shape index (κ3) is 4.17. The first-order valence-corrected chi connectivity index (χ1v) is 10.8. The van der Waals surface area contributed by atoms with Crippen LogP contribution in [-0.4, -0.2) is 19.7 Å². The van der Waals surface area contributed by atoms with Crippen molar-refractivity contribution in [2.45, 2.75) is 20.4 Å². The first kappa shape index (κ1) is 21.0. The Morgan fingerprint density at radius 1 is 1.13 bits per heavy atom. The molecule has 1 aliphatic heterocycles. The first-order chi connectivity index (χ1) is 14.8. The zero-order valence-corrected chi connectivity index (χ0v) is 18.6. The van der Waals surface area contributed by atoms with Crippen LogP contribution in [0.5, 0.6) is 0 Å². The molecule has 0 radical (unpaired) electrons. The fourth-order valence-electron chi connectivity index (χ4n) is 3.57. The second-order valence-electron chi connectivity index (χ2n) is 7.25. The highest BCUT2D eigenvalue weighted by atomic mass is 32.2. The Bertz CT molecular complexity index is 1250. The average molecular weight is 450 g/mol. The number of nitro benzene ring substituents is 1. The van der Waals surface area contributed by atoms with E-state index in [-0.39, 0.29) is 16.5 Å². The molecule has 4 rings (SSSR count). The minimum atomic E-state index is -0.381. The van der Waals surface area contributed by atoms with Crippen molar-refractivity contribution in [1.82, 2.24) is 4.57 Å². The Hall–Kier alpha value is -3.23. The highest BCUT2D eigenvalue weighted by Crippen LogP contribution is 2.37. The molecule has 0 N–H and O–H groups in total. The monoisotopic (exact) mass is 449 g/mol. The molecule has 31 heavy (non-hydrogen) atoms. The van der Waals surface area contributed by atoms with Gasteiger partial charge in [0, 0.05) is 23.5 Å². The summed E-state index contributed by atoms with van der Waals surface area (Å²) in [6, 6.07) is 16.3. The highest BCUT2D eigenvalue weighted by Gasteiger charge is 2.34. The van der Waals surface area contributed by atoms with E-state index in [2.05, 4.69) is 0 Å². The lowest BCUT2D eigenvalue weighted by Crippen LogP contribution is -2.28. The maximum atomic E-state index is 13.1. The van der Waals surface area contributed by atoms with E-state index < -0.39 is 0 Å². The molecule has 0 atom stereocenters. The zero-order chi connectivity index (χ0) is 22.1. The van der Waals surface area contributed by atoms with Gasteiger partial charge in [-0.25, -0.2) is 0 Å². The summed E-state index contributed by atoms with van der Waals surface area (Å²) >= 11 is 6.75. The number of nitrogens with zero attached hydrogens (tertiary/aromatic N) is 3. The van der Waals surface area contributed by atoms with Gasteiger partial charge in [-0.05, 0) is 43.7 Å². The van der Waals surface area contributed by atoms with Gasteiger partial charge >= 0.3 is 0 Å². The smallest absolute Gasteiger partial charge is 0.274 e. The molecule has 6 nitrogen and oxygen atoms in total. The topological polar surface area (TPSA) is 68.4 Å². The van der Waals surface area contributed by atoms with Crippen molar-refractivity contribution in [2.24, 2.45) is 0 Å². The Morgan fingerprint density at radius 2 is 1.90 bits per heavy atom. The maximum Gasteiger partial charge on any atom is 0.274 e. The number of carbonyl (C=O) groups is 1. The van der Waals surface area contributed by atoms with E-state index in [4.69, 9.17) is 12.2 Å². The Balaban J connectivity index is 1.64. The Labute approximate surface area is 189 Å². The number of carbonyl (C=O) groups excluding carboxylic acids is 1. The zero-order valence-electron chi connectivity index (χ0n) is 16.9. The van der Waals surface area contributed by atoms with Crippen molar-refractivity contribution < 1.29 is 9.72 Å². The molecule has 2 aromatic carbocycles. The molecule has 3 aromatic rings. The van der Waals surface area contributed by atoms with Crippen molar-refractivity contribution in [3.8, 4) is 0 Å². The summed E-state index contributed by atoms with van der Waals surface area (Å²) in [5.74, 6) is -0.166. The van der Waals surface area contributed by atoms with Crippen molar-refractivity contribution in [1.29, 1.82) is 0 Å². The molecular weight excluding hydrogens is 430 g/mol. The summed E-state index contributed by atoms with van der Waals surface area (Å²) in [6.07, 6.45) is 3.63. The van der Waals surface area contributed by atoms with E-state index in [1.807, 2.05) is 54.9 Å². The van der Waals surface area contributed by atoms with Crippen molar-refractivity contribution in [3.63, 3.8) is 0 Å². The van der Waals surface area contributed by atoms with Gasteiger partial charge in [-0.3, -0.25) is 19.8 Å².